The van der Waals surface area contributed by atoms with E-state index in [9.17, 15) is 13.2 Å². The van der Waals surface area contributed by atoms with Crippen LogP contribution in [-0.4, -0.2) is 72.3 Å². The molecule has 2 aliphatic heterocycles. The molecule has 0 aliphatic carbocycles. The number of rotatable bonds is 3. The molecule has 0 spiro atoms. The number of nitrogen functional groups attached to an aromatic ring is 1. The second-order valence-corrected chi connectivity index (χ2v) is 9.11. The number of carbonyl (C=O) groups is 1. The summed E-state index contributed by atoms with van der Waals surface area (Å²) in [5.74, 6) is 0.306. The third-order valence-corrected chi connectivity index (χ3v) is 6.52. The van der Waals surface area contributed by atoms with E-state index in [1.807, 2.05) is 13.8 Å². The van der Waals surface area contributed by atoms with Gasteiger partial charge in [-0.05, 0) is 26.0 Å². The highest BCUT2D eigenvalue weighted by Gasteiger charge is 2.47. The predicted molar refractivity (Wildman–Crippen MR) is 96.9 cm³/mol. The molecule has 1 aromatic rings. The fourth-order valence-corrected chi connectivity index (χ4v) is 5.51. The van der Waals surface area contributed by atoms with Gasteiger partial charge >= 0.3 is 0 Å². The normalized spacial score (nSPS) is 25.4. The van der Waals surface area contributed by atoms with Crippen LogP contribution in [0.4, 0.5) is 5.82 Å². The van der Waals surface area contributed by atoms with Crippen LogP contribution >= 0.6 is 0 Å². The zero-order chi connectivity index (χ0) is 18.2. The van der Waals surface area contributed by atoms with Crippen molar-refractivity contribution < 1.29 is 13.2 Å². The molecule has 1 amide bonds. The summed E-state index contributed by atoms with van der Waals surface area (Å²) < 4.78 is 24.4. The Morgan fingerprint density at radius 2 is 2.00 bits per heavy atom. The van der Waals surface area contributed by atoms with Crippen molar-refractivity contribution in [2.45, 2.75) is 25.9 Å². The molecule has 1 aromatic heterocycles. The lowest BCUT2D eigenvalue weighted by Crippen LogP contribution is -2.60. The summed E-state index contributed by atoms with van der Waals surface area (Å²) in [6.07, 6.45) is 3.55. The molecule has 7 nitrogen and oxygen atoms in total. The summed E-state index contributed by atoms with van der Waals surface area (Å²) in [4.78, 5) is 20.7. The molecule has 136 valence electrons. The van der Waals surface area contributed by atoms with Crippen LogP contribution in [0.25, 0.3) is 0 Å². The summed E-state index contributed by atoms with van der Waals surface area (Å²) in [6, 6.07) is 2.76. The van der Waals surface area contributed by atoms with E-state index in [1.54, 1.807) is 17.0 Å². The molecule has 8 heteroatoms. The van der Waals surface area contributed by atoms with Crippen molar-refractivity contribution in [2.24, 2.45) is 0 Å². The highest BCUT2D eigenvalue weighted by molar-refractivity contribution is 7.91. The average Bonchev–Trinajstić information content (AvgIpc) is 2.87. The zero-order valence-electron chi connectivity index (χ0n) is 14.6. The van der Waals surface area contributed by atoms with E-state index in [-0.39, 0.29) is 29.5 Å². The third-order valence-electron chi connectivity index (χ3n) is 4.82. The van der Waals surface area contributed by atoms with Crippen LogP contribution in [-0.2, 0) is 9.84 Å². The minimum absolute atomic E-state index is 0.0249. The van der Waals surface area contributed by atoms with Crippen LogP contribution in [0, 0.1) is 0 Å². The predicted octanol–water partition coefficient (Wildman–Crippen LogP) is 0.553. The summed E-state index contributed by atoms with van der Waals surface area (Å²) in [5.41, 5.74) is 7.21. The van der Waals surface area contributed by atoms with Crippen molar-refractivity contribution in [2.75, 3.05) is 36.9 Å². The van der Waals surface area contributed by atoms with E-state index in [0.29, 0.717) is 31.0 Å². The Morgan fingerprint density at radius 1 is 1.28 bits per heavy atom. The van der Waals surface area contributed by atoms with Crippen molar-refractivity contribution in [3.63, 3.8) is 0 Å². The maximum absolute atomic E-state index is 12.9. The van der Waals surface area contributed by atoms with E-state index in [1.165, 1.54) is 11.8 Å². The van der Waals surface area contributed by atoms with Crippen LogP contribution < -0.4 is 5.73 Å². The first-order valence-electron chi connectivity index (χ1n) is 8.37. The van der Waals surface area contributed by atoms with Gasteiger partial charge in [0, 0.05) is 31.9 Å². The fourth-order valence-electron chi connectivity index (χ4n) is 3.50. The molecule has 0 radical (unpaired) electrons. The van der Waals surface area contributed by atoms with Crippen LogP contribution in [0.1, 0.15) is 24.2 Å². The minimum Gasteiger partial charge on any atom is -0.384 e. The van der Waals surface area contributed by atoms with Gasteiger partial charge < -0.3 is 10.6 Å². The zero-order valence-corrected chi connectivity index (χ0v) is 15.4. The van der Waals surface area contributed by atoms with E-state index in [2.05, 4.69) is 16.0 Å². The molecule has 2 aliphatic rings. The molecular weight excluding hydrogens is 340 g/mol. The number of aromatic nitrogens is 1. The molecule has 2 N–H and O–H groups in total. The first kappa shape index (κ1) is 17.9. The van der Waals surface area contributed by atoms with Gasteiger partial charge in [-0.15, -0.1) is 0 Å². The van der Waals surface area contributed by atoms with E-state index >= 15 is 0 Å². The Morgan fingerprint density at radius 3 is 2.64 bits per heavy atom. The number of piperazine rings is 1. The van der Waals surface area contributed by atoms with Crippen LogP contribution in [0.2, 0.25) is 0 Å². The van der Waals surface area contributed by atoms with Gasteiger partial charge in [-0.2, -0.15) is 0 Å². The lowest BCUT2D eigenvalue weighted by Gasteiger charge is -2.43. The number of fused-ring (bicyclic) bond motifs is 1. The van der Waals surface area contributed by atoms with Gasteiger partial charge in [-0.1, -0.05) is 11.6 Å². The third kappa shape index (κ3) is 3.85. The number of pyridine rings is 1. The van der Waals surface area contributed by atoms with Crippen molar-refractivity contribution >= 4 is 21.6 Å². The van der Waals surface area contributed by atoms with Gasteiger partial charge in [0.2, 0.25) is 0 Å². The van der Waals surface area contributed by atoms with Crippen LogP contribution in [0.5, 0.6) is 0 Å². The molecule has 0 bridgehead atoms. The van der Waals surface area contributed by atoms with Gasteiger partial charge in [0.1, 0.15) is 5.82 Å². The topological polar surface area (TPSA) is 96.6 Å². The van der Waals surface area contributed by atoms with Gasteiger partial charge in [0.15, 0.2) is 9.84 Å². The largest absolute Gasteiger partial charge is 0.384 e. The summed E-state index contributed by atoms with van der Waals surface area (Å²) in [5, 5.41) is 0. The fraction of sp³-hybridized carbons (Fsp3) is 0.529. The van der Waals surface area contributed by atoms with Crippen molar-refractivity contribution in [1.29, 1.82) is 0 Å². The second-order valence-electron chi connectivity index (χ2n) is 6.96. The maximum Gasteiger partial charge on any atom is 0.255 e. The second kappa shape index (κ2) is 6.76. The molecule has 0 aromatic carbocycles. The SMILES string of the molecule is CC(C)=CCN1CCN(C(=O)c2ccc(N)nc2)C2CS(=O)(=O)CC21. The highest BCUT2D eigenvalue weighted by Crippen LogP contribution is 2.28. The Hall–Kier alpha value is -1.93. The number of hydrogen-bond donors (Lipinski definition) is 1. The Balaban J connectivity index is 1.84. The summed E-state index contributed by atoms with van der Waals surface area (Å²) in [7, 11) is -3.15. The van der Waals surface area contributed by atoms with Gasteiger partial charge in [-0.3, -0.25) is 9.69 Å². The average molecular weight is 364 g/mol. The maximum atomic E-state index is 12.9. The molecule has 25 heavy (non-hydrogen) atoms. The van der Waals surface area contributed by atoms with Crippen molar-refractivity contribution in [3.8, 4) is 0 Å². The minimum atomic E-state index is -3.15. The summed E-state index contributed by atoms with van der Waals surface area (Å²) in [6.45, 7) is 5.93. The number of nitrogens with zero attached hydrogens (tertiary/aromatic N) is 3. The Kier molecular flexibility index (Phi) is 4.83. The smallest absolute Gasteiger partial charge is 0.255 e. The van der Waals surface area contributed by atoms with Crippen LogP contribution in [0.15, 0.2) is 30.0 Å². The quantitative estimate of drug-likeness (QED) is 0.787. The highest BCUT2D eigenvalue weighted by atomic mass is 32.2. The molecule has 3 rings (SSSR count). The van der Waals surface area contributed by atoms with Gasteiger partial charge in [0.25, 0.3) is 5.91 Å². The number of sulfone groups is 1. The Labute approximate surface area is 148 Å². The number of allylic oxidation sites excluding steroid dienone is 1. The van der Waals surface area contributed by atoms with Crippen molar-refractivity contribution in [3.05, 3.63) is 35.5 Å². The van der Waals surface area contributed by atoms with E-state index in [4.69, 9.17) is 5.73 Å². The first-order valence-corrected chi connectivity index (χ1v) is 10.2. The molecular formula is C17H24N4O3S. The lowest BCUT2D eigenvalue weighted by molar-refractivity contribution is 0.0368. The molecule has 2 unspecified atom stereocenters. The number of hydrogen-bond acceptors (Lipinski definition) is 6. The number of amides is 1. The van der Waals surface area contributed by atoms with E-state index < -0.39 is 9.84 Å². The van der Waals surface area contributed by atoms with Gasteiger partial charge in [0.05, 0.1) is 23.1 Å². The monoisotopic (exact) mass is 364 g/mol. The number of anilines is 1. The molecule has 0 saturated carbocycles. The standard InChI is InChI=1S/C17H24N4O3S/c1-12(2)5-6-20-7-8-21(15-11-25(23,24)10-14(15)20)17(22)13-3-4-16(18)19-9-13/h3-5,9,14-15H,6-8,10-11H2,1-2H3,(H2,18,19). The van der Waals surface area contributed by atoms with E-state index in [0.717, 1.165) is 0 Å². The molecule has 2 saturated heterocycles. The number of nitrogens with two attached hydrogens (primary N) is 1. The molecule has 2 atom stereocenters. The molecule has 3 heterocycles. The lowest BCUT2D eigenvalue weighted by atomic mass is 10.0. The van der Waals surface area contributed by atoms with Crippen LogP contribution in [0.3, 0.4) is 0 Å². The first-order chi connectivity index (χ1) is 11.8. The van der Waals surface area contributed by atoms with Gasteiger partial charge in [-0.25, -0.2) is 13.4 Å². The van der Waals surface area contributed by atoms with Crippen molar-refractivity contribution in [1.82, 2.24) is 14.8 Å². The Bertz CT molecular complexity index is 785. The summed E-state index contributed by atoms with van der Waals surface area (Å²) >= 11 is 0. The number of carbonyl (C=O) groups excluding carboxylic acids is 1. The molecule has 2 fully saturated rings.